The molecule has 1 fully saturated rings. The van der Waals surface area contributed by atoms with Gasteiger partial charge in [0.15, 0.2) is 0 Å². The van der Waals surface area contributed by atoms with Crippen LogP contribution in [-0.2, 0) is 4.74 Å². The van der Waals surface area contributed by atoms with Crippen LogP contribution < -0.4 is 5.32 Å². The molecule has 1 saturated heterocycles. The van der Waals surface area contributed by atoms with Crippen LogP contribution in [0.25, 0.3) is 0 Å². The summed E-state index contributed by atoms with van der Waals surface area (Å²) in [7, 11) is 1.78. The molecule has 3 nitrogen and oxygen atoms in total. The Bertz CT molecular complexity index is 208. The highest BCUT2D eigenvalue weighted by atomic mass is 16.5. The molecule has 96 valence electrons. The van der Waals surface area contributed by atoms with Crippen molar-refractivity contribution in [3.63, 3.8) is 0 Å². The lowest BCUT2D eigenvalue weighted by molar-refractivity contribution is 0.0186. The quantitative estimate of drug-likeness (QED) is 0.775. The van der Waals surface area contributed by atoms with E-state index in [0.717, 1.165) is 26.2 Å². The molecule has 0 aromatic carbocycles. The molecule has 1 aliphatic heterocycles. The van der Waals surface area contributed by atoms with Gasteiger partial charge in [0.05, 0.1) is 6.61 Å². The standard InChI is InChI=1S/C13H28N2O/c1-6-13(4)10-14-12(11(2)3)9-15(13)7-8-16-5/h11-12,14H,6-10H2,1-5H3. The van der Waals surface area contributed by atoms with Gasteiger partial charge in [0.25, 0.3) is 0 Å². The number of methoxy groups -OCH3 is 1. The summed E-state index contributed by atoms with van der Waals surface area (Å²) < 4.78 is 5.22. The molecule has 16 heavy (non-hydrogen) atoms. The number of hydrogen-bond acceptors (Lipinski definition) is 3. The van der Waals surface area contributed by atoms with Gasteiger partial charge in [-0.25, -0.2) is 0 Å². The van der Waals surface area contributed by atoms with Crippen molar-refractivity contribution in [2.45, 2.75) is 45.7 Å². The van der Waals surface area contributed by atoms with Crippen LogP contribution in [0.5, 0.6) is 0 Å². The SMILES string of the molecule is CCC1(C)CNC(C(C)C)CN1CCOC. The van der Waals surface area contributed by atoms with E-state index in [2.05, 4.69) is 37.9 Å². The number of nitrogens with zero attached hydrogens (tertiary/aromatic N) is 1. The van der Waals surface area contributed by atoms with Gasteiger partial charge in [-0.2, -0.15) is 0 Å². The highest BCUT2D eigenvalue weighted by Crippen LogP contribution is 2.24. The molecule has 0 amide bonds. The van der Waals surface area contributed by atoms with Crippen LogP contribution in [0.2, 0.25) is 0 Å². The lowest BCUT2D eigenvalue weighted by atomic mass is 9.89. The molecular formula is C13H28N2O. The third-order valence-electron chi connectivity index (χ3n) is 4.06. The Morgan fingerprint density at radius 3 is 2.69 bits per heavy atom. The second kappa shape index (κ2) is 5.99. The second-order valence-electron chi connectivity index (χ2n) is 5.52. The predicted octanol–water partition coefficient (Wildman–Crippen LogP) is 1.73. The number of piperazine rings is 1. The van der Waals surface area contributed by atoms with E-state index < -0.39 is 0 Å². The first kappa shape index (κ1) is 13.9. The van der Waals surface area contributed by atoms with E-state index in [0.29, 0.717) is 17.5 Å². The maximum Gasteiger partial charge on any atom is 0.0589 e. The predicted molar refractivity (Wildman–Crippen MR) is 68.8 cm³/mol. The molecule has 3 heteroatoms. The highest BCUT2D eigenvalue weighted by Gasteiger charge is 2.36. The maximum atomic E-state index is 5.22. The molecule has 2 unspecified atom stereocenters. The summed E-state index contributed by atoms with van der Waals surface area (Å²) in [5.41, 5.74) is 0.296. The Morgan fingerprint density at radius 2 is 2.19 bits per heavy atom. The van der Waals surface area contributed by atoms with E-state index in [-0.39, 0.29) is 0 Å². The minimum Gasteiger partial charge on any atom is -0.383 e. The first-order valence-corrected chi connectivity index (χ1v) is 6.51. The second-order valence-corrected chi connectivity index (χ2v) is 5.52. The molecule has 1 rings (SSSR count). The molecule has 0 spiro atoms. The highest BCUT2D eigenvalue weighted by molar-refractivity contribution is 4.95. The number of nitrogens with one attached hydrogen (secondary N) is 1. The molecule has 0 aromatic heterocycles. The fourth-order valence-electron chi connectivity index (χ4n) is 2.34. The van der Waals surface area contributed by atoms with Gasteiger partial charge in [-0.15, -0.1) is 0 Å². The van der Waals surface area contributed by atoms with Crippen LogP contribution in [0.15, 0.2) is 0 Å². The summed E-state index contributed by atoms with van der Waals surface area (Å²) >= 11 is 0. The van der Waals surface area contributed by atoms with Gasteiger partial charge in [-0.3, -0.25) is 4.90 Å². The fourth-order valence-corrected chi connectivity index (χ4v) is 2.34. The largest absolute Gasteiger partial charge is 0.383 e. The number of rotatable bonds is 5. The lowest BCUT2D eigenvalue weighted by Gasteiger charge is -2.49. The van der Waals surface area contributed by atoms with E-state index in [1.807, 2.05) is 0 Å². The number of hydrogen-bond donors (Lipinski definition) is 1. The lowest BCUT2D eigenvalue weighted by Crippen LogP contribution is -2.64. The molecule has 0 bridgehead atoms. The van der Waals surface area contributed by atoms with Crippen LogP contribution >= 0.6 is 0 Å². The molecule has 0 saturated carbocycles. The summed E-state index contributed by atoms with van der Waals surface area (Å²) in [5.74, 6) is 0.700. The molecule has 1 N–H and O–H groups in total. The van der Waals surface area contributed by atoms with E-state index >= 15 is 0 Å². The van der Waals surface area contributed by atoms with Crippen LogP contribution in [0.4, 0.5) is 0 Å². The molecular weight excluding hydrogens is 200 g/mol. The van der Waals surface area contributed by atoms with Gasteiger partial charge in [-0.05, 0) is 19.3 Å². The van der Waals surface area contributed by atoms with Gasteiger partial charge in [0.1, 0.15) is 0 Å². The third-order valence-corrected chi connectivity index (χ3v) is 4.06. The van der Waals surface area contributed by atoms with Crippen molar-refractivity contribution >= 4 is 0 Å². The summed E-state index contributed by atoms with van der Waals surface area (Å²) in [6.07, 6.45) is 1.19. The van der Waals surface area contributed by atoms with E-state index in [1.165, 1.54) is 6.42 Å². The molecule has 0 aromatic rings. The van der Waals surface area contributed by atoms with Gasteiger partial charge in [-0.1, -0.05) is 20.8 Å². The zero-order valence-corrected chi connectivity index (χ0v) is 11.5. The first-order valence-electron chi connectivity index (χ1n) is 6.51. The minimum absolute atomic E-state index is 0.296. The Kier molecular flexibility index (Phi) is 5.22. The smallest absolute Gasteiger partial charge is 0.0589 e. The maximum absolute atomic E-state index is 5.22. The van der Waals surface area contributed by atoms with Crippen molar-refractivity contribution in [2.75, 3.05) is 33.4 Å². The molecule has 0 aliphatic carbocycles. The average molecular weight is 228 g/mol. The first-order chi connectivity index (χ1) is 7.53. The summed E-state index contributed by atoms with van der Waals surface area (Å²) in [6, 6.07) is 0.622. The Morgan fingerprint density at radius 1 is 1.50 bits per heavy atom. The third kappa shape index (κ3) is 3.19. The van der Waals surface area contributed by atoms with Crippen molar-refractivity contribution in [3.05, 3.63) is 0 Å². The van der Waals surface area contributed by atoms with Gasteiger partial charge >= 0.3 is 0 Å². The van der Waals surface area contributed by atoms with Crippen LogP contribution in [-0.4, -0.2) is 49.8 Å². The number of ether oxygens (including phenoxy) is 1. The topological polar surface area (TPSA) is 24.5 Å². The van der Waals surface area contributed by atoms with Gasteiger partial charge in [0, 0.05) is 38.3 Å². The minimum atomic E-state index is 0.296. The zero-order valence-electron chi connectivity index (χ0n) is 11.5. The average Bonchev–Trinajstić information content (AvgIpc) is 2.27. The normalized spacial score (nSPS) is 32.2. The van der Waals surface area contributed by atoms with Crippen LogP contribution in [0.3, 0.4) is 0 Å². The van der Waals surface area contributed by atoms with Crippen LogP contribution in [0.1, 0.15) is 34.1 Å². The van der Waals surface area contributed by atoms with Crippen LogP contribution in [0, 0.1) is 5.92 Å². The summed E-state index contributed by atoms with van der Waals surface area (Å²) in [4.78, 5) is 2.59. The molecule has 0 radical (unpaired) electrons. The van der Waals surface area contributed by atoms with Crippen molar-refractivity contribution in [1.29, 1.82) is 0 Å². The zero-order chi connectivity index (χ0) is 12.2. The Labute approximate surface area is 101 Å². The van der Waals surface area contributed by atoms with Gasteiger partial charge in [0.2, 0.25) is 0 Å². The summed E-state index contributed by atoms with van der Waals surface area (Å²) in [5, 5.41) is 3.68. The van der Waals surface area contributed by atoms with E-state index in [1.54, 1.807) is 7.11 Å². The van der Waals surface area contributed by atoms with Crippen molar-refractivity contribution in [2.24, 2.45) is 5.92 Å². The molecule has 1 aliphatic rings. The summed E-state index contributed by atoms with van der Waals surface area (Å²) in [6.45, 7) is 13.3. The van der Waals surface area contributed by atoms with Gasteiger partial charge < -0.3 is 10.1 Å². The van der Waals surface area contributed by atoms with E-state index in [9.17, 15) is 0 Å². The van der Waals surface area contributed by atoms with Crippen molar-refractivity contribution in [3.8, 4) is 0 Å². The van der Waals surface area contributed by atoms with Crippen molar-refractivity contribution in [1.82, 2.24) is 10.2 Å². The van der Waals surface area contributed by atoms with Crippen molar-refractivity contribution < 1.29 is 4.74 Å². The molecule has 1 heterocycles. The monoisotopic (exact) mass is 228 g/mol. The Balaban J connectivity index is 2.62. The van der Waals surface area contributed by atoms with E-state index in [4.69, 9.17) is 4.74 Å². The Hall–Kier alpha value is -0.120. The fraction of sp³-hybridized carbons (Fsp3) is 1.00. The molecule has 2 atom stereocenters.